The summed E-state index contributed by atoms with van der Waals surface area (Å²) in [6.45, 7) is 6.98. The number of hydrogen-bond donors (Lipinski definition) is 0. The standard InChI is InChI=1S/C25H27FN6O2S/c1-2-18-3-5-19(6-4-18)23-27-22(34-30-23)17-35-25-29-28-24(20-7-9-21(26)10-8-20)32(25)12-11-31-13-15-33-16-14-31/h3-10H,2,11-17H2,1H3. The van der Waals surface area contributed by atoms with E-state index in [9.17, 15) is 4.39 Å². The fraction of sp³-hybridized carbons (Fsp3) is 0.360. The Balaban J connectivity index is 1.32. The molecule has 2 aromatic carbocycles. The van der Waals surface area contributed by atoms with Gasteiger partial charge in [-0.2, -0.15) is 4.98 Å². The number of hydrogen-bond acceptors (Lipinski definition) is 8. The molecule has 0 aliphatic carbocycles. The summed E-state index contributed by atoms with van der Waals surface area (Å²) in [6, 6.07) is 14.5. The lowest BCUT2D eigenvalue weighted by Crippen LogP contribution is -2.38. The Bertz CT molecular complexity index is 1240. The van der Waals surface area contributed by atoms with Crippen LogP contribution in [0.1, 0.15) is 18.4 Å². The summed E-state index contributed by atoms with van der Waals surface area (Å²) in [5.41, 5.74) is 3.01. The topological polar surface area (TPSA) is 82.1 Å². The molecule has 0 atom stereocenters. The van der Waals surface area contributed by atoms with Crippen LogP contribution in [0.25, 0.3) is 22.8 Å². The highest BCUT2D eigenvalue weighted by Gasteiger charge is 2.18. The molecule has 0 unspecified atom stereocenters. The third-order valence-electron chi connectivity index (χ3n) is 5.98. The summed E-state index contributed by atoms with van der Waals surface area (Å²) < 4.78 is 26.5. The minimum atomic E-state index is -0.278. The first kappa shape index (κ1) is 23.7. The molecule has 4 aromatic rings. The van der Waals surface area contributed by atoms with Crippen molar-refractivity contribution in [3.8, 4) is 22.8 Å². The summed E-state index contributed by atoms with van der Waals surface area (Å²) in [5.74, 6) is 2.00. The average Bonchev–Trinajstić information content (AvgIpc) is 3.54. The molecule has 35 heavy (non-hydrogen) atoms. The van der Waals surface area contributed by atoms with Gasteiger partial charge in [-0.15, -0.1) is 10.2 Å². The van der Waals surface area contributed by atoms with Gasteiger partial charge in [0.2, 0.25) is 11.7 Å². The molecule has 0 bridgehead atoms. The van der Waals surface area contributed by atoms with Gasteiger partial charge in [-0.25, -0.2) is 4.39 Å². The fourth-order valence-electron chi connectivity index (χ4n) is 3.92. The second kappa shape index (κ2) is 11.1. The van der Waals surface area contributed by atoms with E-state index in [1.54, 1.807) is 12.1 Å². The van der Waals surface area contributed by atoms with Crippen LogP contribution < -0.4 is 0 Å². The van der Waals surface area contributed by atoms with Crippen molar-refractivity contribution >= 4 is 11.8 Å². The van der Waals surface area contributed by atoms with Crippen LogP contribution in [0, 0.1) is 5.82 Å². The van der Waals surface area contributed by atoms with E-state index in [0.717, 1.165) is 55.6 Å². The predicted molar refractivity (Wildman–Crippen MR) is 131 cm³/mol. The lowest BCUT2D eigenvalue weighted by atomic mass is 10.1. The second-order valence-corrected chi connectivity index (χ2v) is 9.21. The largest absolute Gasteiger partial charge is 0.379 e. The maximum absolute atomic E-state index is 13.5. The first-order valence-electron chi connectivity index (χ1n) is 11.7. The molecule has 0 radical (unpaired) electrons. The molecular formula is C25H27FN6O2S. The number of aromatic nitrogens is 5. The molecule has 0 amide bonds. The number of thioether (sulfide) groups is 1. The van der Waals surface area contributed by atoms with E-state index in [0.29, 0.717) is 29.8 Å². The van der Waals surface area contributed by atoms with Crippen LogP contribution in [0.5, 0.6) is 0 Å². The van der Waals surface area contributed by atoms with Crippen LogP contribution in [0.4, 0.5) is 4.39 Å². The lowest BCUT2D eigenvalue weighted by molar-refractivity contribution is 0.0361. The highest BCUT2D eigenvalue weighted by Crippen LogP contribution is 2.27. The Kier molecular flexibility index (Phi) is 7.51. The van der Waals surface area contributed by atoms with Crippen molar-refractivity contribution < 1.29 is 13.7 Å². The summed E-state index contributed by atoms with van der Waals surface area (Å²) in [6.07, 6.45) is 0.987. The molecule has 1 aliphatic heterocycles. The van der Waals surface area contributed by atoms with E-state index >= 15 is 0 Å². The third kappa shape index (κ3) is 5.77. The van der Waals surface area contributed by atoms with Crippen LogP contribution in [-0.4, -0.2) is 62.7 Å². The Morgan fingerprint density at radius 2 is 1.69 bits per heavy atom. The monoisotopic (exact) mass is 494 g/mol. The van der Waals surface area contributed by atoms with E-state index in [4.69, 9.17) is 9.26 Å². The van der Waals surface area contributed by atoms with Crippen molar-refractivity contribution in [3.63, 3.8) is 0 Å². The molecule has 5 rings (SSSR count). The van der Waals surface area contributed by atoms with Gasteiger partial charge in [0, 0.05) is 37.3 Å². The minimum Gasteiger partial charge on any atom is -0.379 e. The van der Waals surface area contributed by atoms with Gasteiger partial charge < -0.3 is 13.8 Å². The minimum absolute atomic E-state index is 0.278. The van der Waals surface area contributed by atoms with Crippen molar-refractivity contribution in [2.24, 2.45) is 0 Å². The summed E-state index contributed by atoms with van der Waals surface area (Å²) in [5, 5.41) is 13.7. The number of morpholine rings is 1. The zero-order valence-corrected chi connectivity index (χ0v) is 20.4. The third-order valence-corrected chi connectivity index (χ3v) is 6.93. The maximum Gasteiger partial charge on any atom is 0.237 e. The van der Waals surface area contributed by atoms with Crippen LogP contribution in [-0.2, 0) is 23.5 Å². The Morgan fingerprint density at radius 3 is 2.43 bits per heavy atom. The highest BCUT2D eigenvalue weighted by atomic mass is 32.2. The van der Waals surface area contributed by atoms with Gasteiger partial charge in [-0.3, -0.25) is 4.90 Å². The van der Waals surface area contributed by atoms with Crippen molar-refractivity contribution in [2.45, 2.75) is 30.8 Å². The van der Waals surface area contributed by atoms with Gasteiger partial charge in [0.25, 0.3) is 0 Å². The summed E-state index contributed by atoms with van der Waals surface area (Å²) >= 11 is 1.50. The first-order chi connectivity index (χ1) is 17.2. The van der Waals surface area contributed by atoms with Crippen molar-refractivity contribution in [3.05, 3.63) is 65.8 Å². The van der Waals surface area contributed by atoms with Gasteiger partial charge in [0.05, 0.1) is 19.0 Å². The number of halogens is 1. The van der Waals surface area contributed by atoms with Gasteiger partial charge >= 0.3 is 0 Å². The van der Waals surface area contributed by atoms with Crippen LogP contribution in [0.2, 0.25) is 0 Å². The van der Waals surface area contributed by atoms with E-state index in [1.165, 1.54) is 29.5 Å². The van der Waals surface area contributed by atoms with Gasteiger partial charge in [0.1, 0.15) is 5.82 Å². The molecule has 0 saturated carbocycles. The van der Waals surface area contributed by atoms with E-state index < -0.39 is 0 Å². The Labute approximate surface area is 207 Å². The van der Waals surface area contributed by atoms with Crippen molar-refractivity contribution in [1.82, 2.24) is 29.8 Å². The SMILES string of the molecule is CCc1ccc(-c2noc(CSc3nnc(-c4ccc(F)cc4)n3CCN3CCOCC3)n2)cc1. The normalized spacial score (nSPS) is 14.5. The molecule has 0 spiro atoms. The highest BCUT2D eigenvalue weighted by molar-refractivity contribution is 7.98. The molecule has 10 heteroatoms. The zero-order valence-electron chi connectivity index (χ0n) is 19.6. The van der Waals surface area contributed by atoms with Crippen molar-refractivity contribution in [2.75, 3.05) is 32.8 Å². The predicted octanol–water partition coefficient (Wildman–Crippen LogP) is 4.32. The fourth-order valence-corrected chi connectivity index (χ4v) is 4.72. The number of aryl methyl sites for hydroxylation is 1. The number of rotatable bonds is 9. The Hall–Kier alpha value is -3.08. The molecule has 1 saturated heterocycles. The summed E-state index contributed by atoms with van der Waals surface area (Å²) in [4.78, 5) is 6.92. The average molecular weight is 495 g/mol. The zero-order chi connectivity index (χ0) is 24.0. The van der Waals surface area contributed by atoms with Crippen LogP contribution in [0.15, 0.2) is 58.2 Å². The maximum atomic E-state index is 13.5. The molecule has 182 valence electrons. The van der Waals surface area contributed by atoms with Gasteiger partial charge in [-0.05, 0) is 36.2 Å². The molecule has 3 heterocycles. The van der Waals surface area contributed by atoms with Crippen LogP contribution >= 0.6 is 11.8 Å². The molecule has 8 nitrogen and oxygen atoms in total. The number of nitrogens with zero attached hydrogens (tertiary/aromatic N) is 6. The molecule has 1 fully saturated rings. The van der Waals surface area contributed by atoms with Crippen molar-refractivity contribution in [1.29, 1.82) is 0 Å². The van der Waals surface area contributed by atoms with Gasteiger partial charge in [-0.1, -0.05) is 48.1 Å². The van der Waals surface area contributed by atoms with Crippen LogP contribution in [0.3, 0.4) is 0 Å². The Morgan fingerprint density at radius 1 is 0.943 bits per heavy atom. The second-order valence-electron chi connectivity index (χ2n) is 8.27. The lowest BCUT2D eigenvalue weighted by Gasteiger charge is -2.27. The molecular weight excluding hydrogens is 467 g/mol. The summed E-state index contributed by atoms with van der Waals surface area (Å²) in [7, 11) is 0. The number of ether oxygens (including phenoxy) is 1. The first-order valence-corrected chi connectivity index (χ1v) is 12.7. The van der Waals surface area contributed by atoms with E-state index in [-0.39, 0.29) is 5.82 Å². The molecule has 1 aliphatic rings. The number of benzene rings is 2. The van der Waals surface area contributed by atoms with E-state index in [2.05, 4.69) is 48.9 Å². The smallest absolute Gasteiger partial charge is 0.237 e. The molecule has 2 aromatic heterocycles. The molecule has 0 N–H and O–H groups in total. The van der Waals surface area contributed by atoms with Gasteiger partial charge in [0.15, 0.2) is 11.0 Å². The van der Waals surface area contributed by atoms with E-state index in [1.807, 2.05) is 12.1 Å². The quantitative estimate of drug-likeness (QED) is 0.318.